The summed E-state index contributed by atoms with van der Waals surface area (Å²) in [5, 5.41) is 8.37. The lowest BCUT2D eigenvalue weighted by atomic mass is 9.61. The van der Waals surface area contributed by atoms with Gasteiger partial charge in [-0.3, -0.25) is 0 Å². The molecule has 89 valence electrons. The van der Waals surface area contributed by atoms with Gasteiger partial charge < -0.3 is 4.59 Å². The zero-order valence-corrected chi connectivity index (χ0v) is 11.6. The Labute approximate surface area is 99.9 Å². The van der Waals surface area contributed by atoms with Gasteiger partial charge in [-0.2, -0.15) is 0 Å². The van der Waals surface area contributed by atoms with E-state index in [-0.39, 0.29) is 10.8 Å². The second-order valence-corrected chi connectivity index (χ2v) is 5.84. The maximum atomic E-state index is 4.29. The second-order valence-electron chi connectivity index (χ2n) is 5.84. The molecule has 1 aromatic rings. The Morgan fingerprint density at radius 3 is 2.19 bits per heavy atom. The Morgan fingerprint density at radius 1 is 1.25 bits per heavy atom. The Morgan fingerprint density at radius 2 is 1.81 bits per heavy atom. The molecule has 0 amide bonds. The highest BCUT2D eigenvalue weighted by atomic mass is 15.4. The molecule has 0 aliphatic heterocycles. The lowest BCUT2D eigenvalue weighted by Gasteiger charge is -2.43. The molecule has 1 heterocycles. The van der Waals surface area contributed by atoms with E-state index in [1.54, 1.807) is 4.59 Å². The molecule has 0 fully saturated rings. The first-order chi connectivity index (χ1) is 7.23. The molecule has 0 bridgehead atoms. The fourth-order valence-electron chi connectivity index (χ4n) is 1.74. The third-order valence-electron chi connectivity index (χ3n) is 4.47. The normalized spacial score (nSPS) is 13.2. The van der Waals surface area contributed by atoms with Crippen molar-refractivity contribution in [2.75, 3.05) is 0 Å². The van der Waals surface area contributed by atoms with Crippen molar-refractivity contribution in [2.24, 2.45) is 11.3 Å². The van der Waals surface area contributed by atoms with Gasteiger partial charge in [0, 0.05) is 11.6 Å². The first-order valence-electron chi connectivity index (χ1n) is 5.95. The Hall–Kier alpha value is -0.795. The fourth-order valence-corrected chi connectivity index (χ4v) is 1.74. The third kappa shape index (κ3) is 2.02. The standard InChI is InChI=1S/C12H23BN3/c1-9(2)11(3,4)12(5,6)10-8-16(13-7)15-14-10/h8-9H,1-7H3. The lowest BCUT2D eigenvalue weighted by molar-refractivity contribution is 0.122. The van der Waals surface area contributed by atoms with Crippen molar-refractivity contribution >= 4 is 7.41 Å². The summed E-state index contributed by atoms with van der Waals surface area (Å²) in [6.07, 6.45) is 2.02. The van der Waals surface area contributed by atoms with E-state index < -0.39 is 0 Å². The Kier molecular flexibility index (Phi) is 3.51. The molecule has 0 unspecified atom stereocenters. The van der Waals surface area contributed by atoms with Crippen LogP contribution >= 0.6 is 0 Å². The van der Waals surface area contributed by atoms with E-state index in [9.17, 15) is 0 Å². The van der Waals surface area contributed by atoms with Gasteiger partial charge in [0.1, 0.15) is 0 Å². The monoisotopic (exact) mass is 220 g/mol. The smallest absolute Gasteiger partial charge is 0.278 e. The first kappa shape index (κ1) is 13.3. The van der Waals surface area contributed by atoms with Crippen molar-refractivity contribution in [2.45, 2.75) is 53.8 Å². The van der Waals surface area contributed by atoms with E-state index >= 15 is 0 Å². The molecule has 3 nitrogen and oxygen atoms in total. The summed E-state index contributed by atoms with van der Waals surface area (Å²) in [5.41, 5.74) is 1.26. The maximum absolute atomic E-state index is 4.29. The van der Waals surface area contributed by atoms with Crippen LogP contribution in [0.3, 0.4) is 0 Å². The zero-order chi connectivity index (χ0) is 12.6. The average molecular weight is 220 g/mol. The van der Waals surface area contributed by atoms with Crippen molar-refractivity contribution in [1.29, 1.82) is 0 Å². The molecule has 16 heavy (non-hydrogen) atoms. The molecular formula is C12H23BN3. The van der Waals surface area contributed by atoms with Gasteiger partial charge in [0.25, 0.3) is 7.41 Å². The number of hydrogen-bond acceptors (Lipinski definition) is 2. The molecule has 1 rings (SSSR count). The largest absolute Gasteiger partial charge is 0.304 e. The van der Waals surface area contributed by atoms with Crippen LogP contribution in [-0.2, 0) is 5.41 Å². The molecule has 0 saturated carbocycles. The highest BCUT2D eigenvalue weighted by Gasteiger charge is 2.42. The number of rotatable bonds is 4. The summed E-state index contributed by atoms with van der Waals surface area (Å²) in [6.45, 7) is 15.6. The van der Waals surface area contributed by atoms with Crippen LogP contribution in [0, 0.1) is 11.3 Å². The van der Waals surface area contributed by atoms with Gasteiger partial charge >= 0.3 is 0 Å². The van der Waals surface area contributed by atoms with E-state index in [4.69, 9.17) is 0 Å². The van der Waals surface area contributed by atoms with E-state index in [0.29, 0.717) is 5.92 Å². The molecule has 4 heteroatoms. The first-order valence-corrected chi connectivity index (χ1v) is 5.95. The van der Waals surface area contributed by atoms with Gasteiger partial charge in [-0.1, -0.05) is 53.6 Å². The highest BCUT2D eigenvalue weighted by molar-refractivity contribution is 6.30. The second kappa shape index (κ2) is 4.23. The summed E-state index contributed by atoms with van der Waals surface area (Å²) in [4.78, 5) is 0. The van der Waals surface area contributed by atoms with Crippen LogP contribution in [0.15, 0.2) is 6.20 Å². The van der Waals surface area contributed by atoms with Crippen molar-refractivity contribution in [1.82, 2.24) is 14.9 Å². The summed E-state index contributed by atoms with van der Waals surface area (Å²) in [6, 6.07) is 0. The quantitative estimate of drug-likeness (QED) is 0.730. The van der Waals surface area contributed by atoms with Crippen molar-refractivity contribution in [3.63, 3.8) is 0 Å². The van der Waals surface area contributed by atoms with Gasteiger partial charge in [-0.05, 0) is 11.3 Å². The molecule has 0 saturated heterocycles. The van der Waals surface area contributed by atoms with Gasteiger partial charge in [-0.25, -0.2) is 0 Å². The molecule has 1 aromatic heterocycles. The molecule has 0 aliphatic carbocycles. The van der Waals surface area contributed by atoms with E-state index in [0.717, 1.165) is 5.69 Å². The number of hydrogen-bond donors (Lipinski definition) is 0. The van der Waals surface area contributed by atoms with E-state index in [1.165, 1.54) is 0 Å². The minimum Gasteiger partial charge on any atom is -0.304 e. The molecule has 0 N–H and O–H groups in total. The van der Waals surface area contributed by atoms with E-state index in [2.05, 4.69) is 51.9 Å². The van der Waals surface area contributed by atoms with Crippen LogP contribution in [0.4, 0.5) is 0 Å². The van der Waals surface area contributed by atoms with Crippen LogP contribution in [-0.4, -0.2) is 22.3 Å². The zero-order valence-electron chi connectivity index (χ0n) is 11.6. The average Bonchev–Trinajstić information content (AvgIpc) is 2.65. The van der Waals surface area contributed by atoms with Crippen LogP contribution < -0.4 is 0 Å². The van der Waals surface area contributed by atoms with Crippen molar-refractivity contribution < 1.29 is 0 Å². The van der Waals surface area contributed by atoms with Crippen molar-refractivity contribution in [3.8, 4) is 0 Å². The van der Waals surface area contributed by atoms with Gasteiger partial charge in [0.2, 0.25) is 0 Å². The molecule has 1 radical (unpaired) electrons. The predicted octanol–water partition coefficient (Wildman–Crippen LogP) is 2.75. The number of aromatic nitrogens is 3. The van der Waals surface area contributed by atoms with Crippen LogP contribution in [0.25, 0.3) is 0 Å². The number of nitrogens with zero attached hydrogens (tertiary/aromatic N) is 3. The predicted molar refractivity (Wildman–Crippen MR) is 68.7 cm³/mol. The topological polar surface area (TPSA) is 30.7 Å². The molecule has 0 aliphatic rings. The van der Waals surface area contributed by atoms with Gasteiger partial charge in [0.05, 0.1) is 5.69 Å². The summed E-state index contributed by atoms with van der Waals surface area (Å²) >= 11 is 0. The van der Waals surface area contributed by atoms with Gasteiger partial charge in [-0.15, -0.1) is 5.10 Å². The Bertz CT molecular complexity index is 353. The van der Waals surface area contributed by atoms with Gasteiger partial charge in [0.15, 0.2) is 0 Å². The van der Waals surface area contributed by atoms with Crippen molar-refractivity contribution in [3.05, 3.63) is 11.9 Å². The minimum absolute atomic E-state index is 0.0163. The molecule has 0 aromatic carbocycles. The summed E-state index contributed by atoms with van der Waals surface area (Å²) < 4.78 is 1.77. The minimum atomic E-state index is 0.0163. The fraction of sp³-hybridized carbons (Fsp3) is 0.833. The SMILES string of the molecule is C[B]n1cc(C(C)(C)C(C)(C)C(C)C)nn1. The Balaban J connectivity index is 3.10. The molecule has 0 atom stereocenters. The van der Waals surface area contributed by atoms with Crippen LogP contribution in [0.1, 0.15) is 47.2 Å². The van der Waals surface area contributed by atoms with Crippen LogP contribution in [0.2, 0.25) is 6.82 Å². The summed E-state index contributed by atoms with van der Waals surface area (Å²) in [5.74, 6) is 0.596. The lowest BCUT2D eigenvalue weighted by Crippen LogP contribution is -2.40. The maximum Gasteiger partial charge on any atom is 0.278 e. The molecular weight excluding hydrogens is 197 g/mol. The molecule has 0 spiro atoms. The van der Waals surface area contributed by atoms with E-state index in [1.807, 2.05) is 20.4 Å². The third-order valence-corrected chi connectivity index (χ3v) is 4.47. The highest BCUT2D eigenvalue weighted by Crippen LogP contribution is 2.45. The summed E-state index contributed by atoms with van der Waals surface area (Å²) in [7, 11) is 1.91. The van der Waals surface area contributed by atoms with Crippen LogP contribution in [0.5, 0.6) is 0 Å².